The van der Waals surface area contributed by atoms with E-state index in [9.17, 15) is 0 Å². The molecule has 0 spiro atoms. The molecule has 2 heterocycles. The van der Waals surface area contributed by atoms with E-state index in [0.717, 1.165) is 29.2 Å². The highest BCUT2D eigenvalue weighted by Crippen LogP contribution is 2.17. The lowest BCUT2D eigenvalue weighted by atomic mass is 10.2. The molecule has 7 nitrogen and oxygen atoms in total. The summed E-state index contributed by atoms with van der Waals surface area (Å²) in [7, 11) is 5.76. The van der Waals surface area contributed by atoms with Crippen molar-refractivity contribution in [2.24, 2.45) is 10.9 Å². The molecule has 2 N–H and O–H groups in total. The van der Waals surface area contributed by atoms with Crippen molar-refractivity contribution in [2.45, 2.75) is 33.5 Å². The van der Waals surface area contributed by atoms with E-state index in [0.29, 0.717) is 19.0 Å². The SMILES string of the molecule is CN=C(NCc1csc(N(C)C)n1)NCc1nccn1CC(C)C.I. The lowest BCUT2D eigenvalue weighted by molar-refractivity contribution is 0.503. The predicted molar refractivity (Wildman–Crippen MR) is 116 cm³/mol. The maximum Gasteiger partial charge on any atom is 0.191 e. The number of nitrogens with one attached hydrogen (secondary N) is 2. The summed E-state index contributed by atoms with van der Waals surface area (Å²) in [5, 5.41) is 9.66. The van der Waals surface area contributed by atoms with E-state index < -0.39 is 0 Å². The first kappa shape index (κ1) is 21.7. The van der Waals surface area contributed by atoms with Gasteiger partial charge in [-0.15, -0.1) is 35.3 Å². The largest absolute Gasteiger partial charge is 0.354 e. The molecular weight excluding hydrogens is 449 g/mol. The van der Waals surface area contributed by atoms with Crippen LogP contribution in [0.1, 0.15) is 25.4 Å². The van der Waals surface area contributed by atoms with Gasteiger partial charge in [-0.2, -0.15) is 0 Å². The fraction of sp³-hybridized carbons (Fsp3) is 0.562. The summed E-state index contributed by atoms with van der Waals surface area (Å²) in [6, 6.07) is 0. The number of rotatable bonds is 7. The number of halogens is 1. The molecule has 0 bridgehead atoms. The minimum Gasteiger partial charge on any atom is -0.354 e. The Morgan fingerprint density at radius 3 is 2.64 bits per heavy atom. The van der Waals surface area contributed by atoms with Crippen molar-refractivity contribution in [1.82, 2.24) is 25.2 Å². The van der Waals surface area contributed by atoms with Crippen molar-refractivity contribution >= 4 is 46.4 Å². The fourth-order valence-electron chi connectivity index (χ4n) is 2.21. The molecule has 0 aliphatic carbocycles. The predicted octanol–water partition coefficient (Wildman–Crippen LogP) is 2.54. The molecule has 0 amide bonds. The number of thiazole rings is 1. The zero-order chi connectivity index (χ0) is 17.5. The molecule has 0 unspecified atom stereocenters. The highest BCUT2D eigenvalue weighted by Gasteiger charge is 2.07. The fourth-order valence-corrected chi connectivity index (χ4v) is 2.97. The molecule has 0 aliphatic heterocycles. The van der Waals surface area contributed by atoms with E-state index in [1.54, 1.807) is 18.4 Å². The van der Waals surface area contributed by atoms with Crippen LogP contribution in [0.4, 0.5) is 5.13 Å². The minimum atomic E-state index is 0. The highest BCUT2D eigenvalue weighted by molar-refractivity contribution is 14.0. The Morgan fingerprint density at radius 1 is 1.32 bits per heavy atom. The lowest BCUT2D eigenvalue weighted by Gasteiger charge is -2.13. The summed E-state index contributed by atoms with van der Waals surface area (Å²) in [5.74, 6) is 2.34. The van der Waals surface area contributed by atoms with Crippen molar-refractivity contribution in [3.05, 3.63) is 29.3 Å². The number of anilines is 1. The van der Waals surface area contributed by atoms with Crippen molar-refractivity contribution < 1.29 is 0 Å². The second kappa shape index (κ2) is 10.6. The lowest BCUT2D eigenvalue weighted by Crippen LogP contribution is -2.37. The normalized spacial score (nSPS) is 11.4. The third kappa shape index (κ3) is 6.81. The Bertz CT molecular complexity index is 663. The number of hydrogen-bond acceptors (Lipinski definition) is 5. The van der Waals surface area contributed by atoms with Crippen molar-refractivity contribution in [3.63, 3.8) is 0 Å². The van der Waals surface area contributed by atoms with Gasteiger partial charge >= 0.3 is 0 Å². The van der Waals surface area contributed by atoms with Crippen LogP contribution in [0.15, 0.2) is 22.8 Å². The number of aliphatic imine (C=N–C) groups is 1. The van der Waals surface area contributed by atoms with Crippen molar-refractivity contribution in [1.29, 1.82) is 0 Å². The van der Waals surface area contributed by atoms with E-state index >= 15 is 0 Å². The van der Waals surface area contributed by atoms with Crippen LogP contribution in [-0.4, -0.2) is 41.6 Å². The molecular formula is C16H28IN7S. The first-order valence-corrected chi connectivity index (χ1v) is 8.93. The summed E-state index contributed by atoms with van der Waals surface area (Å²) in [4.78, 5) is 15.2. The van der Waals surface area contributed by atoms with E-state index in [2.05, 4.69) is 49.4 Å². The monoisotopic (exact) mass is 477 g/mol. The van der Waals surface area contributed by atoms with Gasteiger partial charge in [-0.1, -0.05) is 13.8 Å². The topological polar surface area (TPSA) is 70.4 Å². The summed E-state index contributed by atoms with van der Waals surface area (Å²) in [5.41, 5.74) is 1.01. The number of aromatic nitrogens is 3. The van der Waals surface area contributed by atoms with Crippen LogP contribution in [0.2, 0.25) is 0 Å². The van der Waals surface area contributed by atoms with Crippen LogP contribution in [0.5, 0.6) is 0 Å². The van der Waals surface area contributed by atoms with Gasteiger partial charge in [-0.05, 0) is 5.92 Å². The zero-order valence-corrected chi connectivity index (χ0v) is 18.6. The third-order valence-corrected chi connectivity index (χ3v) is 4.42. The van der Waals surface area contributed by atoms with Gasteiger partial charge < -0.3 is 20.1 Å². The van der Waals surface area contributed by atoms with Gasteiger partial charge in [0.2, 0.25) is 0 Å². The molecule has 2 rings (SSSR count). The third-order valence-electron chi connectivity index (χ3n) is 3.36. The van der Waals surface area contributed by atoms with Gasteiger partial charge in [-0.25, -0.2) is 9.97 Å². The molecule has 0 atom stereocenters. The van der Waals surface area contributed by atoms with Gasteiger partial charge in [0, 0.05) is 45.5 Å². The molecule has 0 radical (unpaired) electrons. The molecule has 140 valence electrons. The Hall–Kier alpha value is -1.36. The number of nitrogens with zero attached hydrogens (tertiary/aromatic N) is 5. The summed E-state index contributed by atoms with van der Waals surface area (Å²) in [6.45, 7) is 6.65. The van der Waals surface area contributed by atoms with E-state index in [-0.39, 0.29) is 24.0 Å². The minimum absolute atomic E-state index is 0. The smallest absolute Gasteiger partial charge is 0.191 e. The van der Waals surface area contributed by atoms with Gasteiger partial charge in [0.05, 0.1) is 18.8 Å². The molecule has 25 heavy (non-hydrogen) atoms. The van der Waals surface area contributed by atoms with Gasteiger partial charge in [0.25, 0.3) is 0 Å². The van der Waals surface area contributed by atoms with Gasteiger partial charge in [0.15, 0.2) is 11.1 Å². The van der Waals surface area contributed by atoms with E-state index in [1.165, 1.54) is 0 Å². The van der Waals surface area contributed by atoms with Crippen LogP contribution in [0, 0.1) is 5.92 Å². The average molecular weight is 477 g/mol. The molecule has 0 saturated heterocycles. The Balaban J connectivity index is 0.00000312. The standard InChI is InChI=1S/C16H27N7S.HI/c1-12(2)10-23-7-6-18-14(23)9-20-15(17-3)19-8-13-11-24-16(21-13)22(4)5;/h6-7,11-12H,8-10H2,1-5H3,(H2,17,19,20);1H. The number of imidazole rings is 1. The Morgan fingerprint density at radius 2 is 2.04 bits per heavy atom. The molecule has 0 aliphatic rings. The first-order chi connectivity index (χ1) is 11.5. The second-order valence-electron chi connectivity index (χ2n) is 6.18. The van der Waals surface area contributed by atoms with E-state index in [4.69, 9.17) is 0 Å². The molecule has 2 aromatic heterocycles. The van der Waals surface area contributed by atoms with Crippen molar-refractivity contribution in [2.75, 3.05) is 26.0 Å². The van der Waals surface area contributed by atoms with E-state index in [1.807, 2.05) is 31.4 Å². The van der Waals surface area contributed by atoms with Crippen LogP contribution < -0.4 is 15.5 Å². The Labute approximate surface area is 171 Å². The number of hydrogen-bond donors (Lipinski definition) is 2. The Kier molecular flexibility index (Phi) is 9.19. The van der Waals surface area contributed by atoms with Gasteiger partial charge in [-0.3, -0.25) is 4.99 Å². The molecule has 0 saturated carbocycles. The summed E-state index contributed by atoms with van der Waals surface area (Å²) < 4.78 is 2.18. The zero-order valence-electron chi connectivity index (χ0n) is 15.5. The maximum atomic E-state index is 4.56. The maximum absolute atomic E-state index is 4.56. The van der Waals surface area contributed by atoms with Gasteiger partial charge in [0.1, 0.15) is 5.82 Å². The molecule has 0 fully saturated rings. The van der Waals surface area contributed by atoms with Crippen LogP contribution in [0.3, 0.4) is 0 Å². The first-order valence-electron chi connectivity index (χ1n) is 8.05. The summed E-state index contributed by atoms with van der Waals surface area (Å²) in [6.07, 6.45) is 3.86. The average Bonchev–Trinajstić information content (AvgIpc) is 3.16. The highest BCUT2D eigenvalue weighted by atomic mass is 127. The van der Waals surface area contributed by atoms with Crippen LogP contribution >= 0.6 is 35.3 Å². The molecule has 9 heteroatoms. The van der Waals surface area contributed by atoms with Crippen molar-refractivity contribution in [3.8, 4) is 0 Å². The quantitative estimate of drug-likeness (QED) is 0.365. The molecule has 0 aromatic carbocycles. The molecule has 2 aromatic rings. The second-order valence-corrected chi connectivity index (χ2v) is 7.02. The summed E-state index contributed by atoms with van der Waals surface area (Å²) >= 11 is 1.64. The number of guanidine groups is 1. The van der Waals surface area contributed by atoms with Crippen LogP contribution in [0.25, 0.3) is 0 Å². The van der Waals surface area contributed by atoms with Crippen LogP contribution in [-0.2, 0) is 19.6 Å².